The Balaban J connectivity index is 1.84. The third-order valence-corrected chi connectivity index (χ3v) is 4.66. The van der Waals surface area contributed by atoms with Crippen LogP contribution in [0, 0.1) is 5.41 Å². The highest BCUT2D eigenvalue weighted by molar-refractivity contribution is 5.83. The molecule has 0 aromatic carbocycles. The van der Waals surface area contributed by atoms with E-state index in [-0.39, 0.29) is 11.4 Å². The molecule has 0 aromatic rings. The van der Waals surface area contributed by atoms with E-state index in [4.69, 9.17) is 5.11 Å². The van der Waals surface area contributed by atoms with Crippen molar-refractivity contribution in [2.45, 2.75) is 38.6 Å². The highest BCUT2D eigenvalue weighted by atomic mass is 16.4. The van der Waals surface area contributed by atoms with Gasteiger partial charge in [-0.25, -0.2) is 9.59 Å². The summed E-state index contributed by atoms with van der Waals surface area (Å²) in [5, 5.41) is 12.0. The Morgan fingerprint density at radius 2 is 1.95 bits per heavy atom. The van der Waals surface area contributed by atoms with E-state index in [1.165, 1.54) is 4.90 Å². The van der Waals surface area contributed by atoms with E-state index in [0.29, 0.717) is 19.5 Å². The first kappa shape index (κ1) is 15.1. The van der Waals surface area contributed by atoms with Gasteiger partial charge in [0.05, 0.1) is 0 Å². The van der Waals surface area contributed by atoms with Crippen LogP contribution in [0.2, 0.25) is 0 Å². The number of carboxylic acid groups (broad SMARTS) is 1. The molecule has 2 fully saturated rings. The number of carboxylic acids is 1. The van der Waals surface area contributed by atoms with Gasteiger partial charge in [-0.05, 0) is 51.2 Å². The van der Waals surface area contributed by atoms with Gasteiger partial charge in [-0.15, -0.1) is 0 Å². The largest absolute Gasteiger partial charge is 0.480 e. The molecule has 2 amide bonds. The van der Waals surface area contributed by atoms with Gasteiger partial charge in [0.1, 0.15) is 6.04 Å². The number of hydrogen-bond donors (Lipinski definition) is 2. The van der Waals surface area contributed by atoms with Crippen LogP contribution in [-0.2, 0) is 4.79 Å². The van der Waals surface area contributed by atoms with Gasteiger partial charge in [0, 0.05) is 13.1 Å². The van der Waals surface area contributed by atoms with Crippen molar-refractivity contribution in [3.05, 3.63) is 0 Å². The molecule has 114 valence electrons. The predicted molar refractivity (Wildman–Crippen MR) is 75.6 cm³/mol. The topological polar surface area (TPSA) is 72.9 Å². The quantitative estimate of drug-likeness (QED) is 0.810. The smallest absolute Gasteiger partial charge is 0.326 e. The van der Waals surface area contributed by atoms with Crippen LogP contribution in [0.25, 0.3) is 0 Å². The summed E-state index contributed by atoms with van der Waals surface area (Å²) in [5.41, 5.74) is 0.126. The number of hydrogen-bond acceptors (Lipinski definition) is 3. The summed E-state index contributed by atoms with van der Waals surface area (Å²) in [7, 11) is 2.11. The first-order valence-electron chi connectivity index (χ1n) is 7.37. The monoisotopic (exact) mass is 283 g/mol. The molecule has 2 aliphatic rings. The normalized spacial score (nSPS) is 26.5. The van der Waals surface area contributed by atoms with E-state index in [2.05, 4.69) is 24.2 Å². The fraction of sp³-hybridized carbons (Fsp3) is 0.857. The molecule has 0 aromatic heterocycles. The van der Waals surface area contributed by atoms with Gasteiger partial charge in [-0.3, -0.25) is 0 Å². The summed E-state index contributed by atoms with van der Waals surface area (Å²) in [6.07, 6.45) is 3.45. The minimum atomic E-state index is -0.900. The zero-order chi connectivity index (χ0) is 14.8. The number of amides is 2. The molecule has 2 saturated heterocycles. The molecule has 1 unspecified atom stereocenters. The minimum Gasteiger partial charge on any atom is -0.480 e. The van der Waals surface area contributed by atoms with Crippen LogP contribution in [0.5, 0.6) is 0 Å². The second kappa shape index (κ2) is 5.99. The Morgan fingerprint density at radius 1 is 1.30 bits per heavy atom. The van der Waals surface area contributed by atoms with Gasteiger partial charge in [0.15, 0.2) is 0 Å². The maximum absolute atomic E-state index is 12.2. The number of likely N-dealkylation sites (tertiary alicyclic amines) is 2. The molecule has 20 heavy (non-hydrogen) atoms. The lowest BCUT2D eigenvalue weighted by Crippen LogP contribution is -2.50. The number of carbonyl (C=O) groups is 2. The number of nitrogens with zero attached hydrogens (tertiary/aromatic N) is 2. The van der Waals surface area contributed by atoms with Crippen molar-refractivity contribution >= 4 is 12.0 Å². The Kier molecular flexibility index (Phi) is 4.52. The zero-order valence-corrected chi connectivity index (χ0v) is 12.4. The van der Waals surface area contributed by atoms with Crippen LogP contribution in [0.3, 0.4) is 0 Å². The van der Waals surface area contributed by atoms with Crippen molar-refractivity contribution < 1.29 is 14.7 Å². The van der Waals surface area contributed by atoms with E-state index in [9.17, 15) is 9.59 Å². The van der Waals surface area contributed by atoms with Gasteiger partial charge in [0.2, 0.25) is 0 Å². The number of aliphatic carboxylic acids is 1. The molecule has 0 spiro atoms. The Labute approximate surface area is 120 Å². The maximum Gasteiger partial charge on any atom is 0.326 e. The van der Waals surface area contributed by atoms with E-state index in [1.807, 2.05) is 0 Å². The van der Waals surface area contributed by atoms with Gasteiger partial charge in [0.25, 0.3) is 0 Å². The molecule has 2 N–H and O–H groups in total. The lowest BCUT2D eigenvalue weighted by molar-refractivity contribution is -0.141. The average molecular weight is 283 g/mol. The standard InChI is InChI=1S/C14H25N3O3/c1-14(5-8-16(2)9-6-14)10-15-13(20)17-7-3-4-11(17)12(18)19/h11H,3-10H2,1-2H3,(H,15,20)(H,18,19). The number of piperidine rings is 1. The molecule has 2 heterocycles. The molecule has 6 heteroatoms. The third-order valence-electron chi connectivity index (χ3n) is 4.66. The number of urea groups is 1. The first-order valence-corrected chi connectivity index (χ1v) is 7.37. The van der Waals surface area contributed by atoms with Crippen molar-refractivity contribution in [1.82, 2.24) is 15.1 Å². The highest BCUT2D eigenvalue weighted by Crippen LogP contribution is 2.29. The minimum absolute atomic E-state index is 0.126. The molecule has 0 bridgehead atoms. The fourth-order valence-electron chi connectivity index (χ4n) is 2.99. The van der Waals surface area contributed by atoms with Crippen LogP contribution >= 0.6 is 0 Å². The summed E-state index contributed by atoms with van der Waals surface area (Å²) >= 11 is 0. The molecule has 0 saturated carbocycles. The average Bonchev–Trinajstić information content (AvgIpc) is 2.89. The van der Waals surface area contributed by atoms with Crippen LogP contribution in [0.1, 0.15) is 32.6 Å². The highest BCUT2D eigenvalue weighted by Gasteiger charge is 2.35. The van der Waals surface area contributed by atoms with Crippen LogP contribution < -0.4 is 5.32 Å². The SMILES string of the molecule is CN1CCC(C)(CNC(=O)N2CCCC2C(=O)O)CC1. The zero-order valence-electron chi connectivity index (χ0n) is 12.4. The Hall–Kier alpha value is -1.30. The summed E-state index contributed by atoms with van der Waals surface area (Å²) in [4.78, 5) is 27.0. The summed E-state index contributed by atoms with van der Waals surface area (Å²) in [6, 6.07) is -0.879. The molecular weight excluding hydrogens is 258 g/mol. The van der Waals surface area contributed by atoms with Crippen molar-refractivity contribution in [3.8, 4) is 0 Å². The number of nitrogens with one attached hydrogen (secondary N) is 1. The molecule has 6 nitrogen and oxygen atoms in total. The molecular formula is C14H25N3O3. The summed E-state index contributed by atoms with van der Waals surface area (Å²) in [5.74, 6) is -0.900. The van der Waals surface area contributed by atoms with E-state index in [1.54, 1.807) is 0 Å². The summed E-state index contributed by atoms with van der Waals surface area (Å²) < 4.78 is 0. The van der Waals surface area contributed by atoms with Gasteiger partial charge in [-0.2, -0.15) is 0 Å². The van der Waals surface area contributed by atoms with Crippen molar-refractivity contribution in [1.29, 1.82) is 0 Å². The number of rotatable bonds is 3. The lowest BCUT2D eigenvalue weighted by atomic mass is 9.80. The maximum atomic E-state index is 12.2. The van der Waals surface area contributed by atoms with Crippen LogP contribution in [0.15, 0.2) is 0 Å². The molecule has 2 rings (SSSR count). The predicted octanol–water partition coefficient (Wildman–Crippen LogP) is 0.977. The second-order valence-electron chi connectivity index (χ2n) is 6.46. The van der Waals surface area contributed by atoms with Crippen molar-refractivity contribution in [3.63, 3.8) is 0 Å². The lowest BCUT2D eigenvalue weighted by Gasteiger charge is -2.38. The van der Waals surface area contributed by atoms with Gasteiger partial charge in [-0.1, -0.05) is 6.92 Å². The van der Waals surface area contributed by atoms with Crippen LogP contribution in [-0.4, -0.2) is 66.2 Å². The van der Waals surface area contributed by atoms with E-state index in [0.717, 1.165) is 32.4 Å². The molecule has 0 aliphatic carbocycles. The van der Waals surface area contributed by atoms with E-state index >= 15 is 0 Å². The molecule has 1 atom stereocenters. The van der Waals surface area contributed by atoms with E-state index < -0.39 is 12.0 Å². The fourth-order valence-corrected chi connectivity index (χ4v) is 2.99. The second-order valence-corrected chi connectivity index (χ2v) is 6.46. The first-order chi connectivity index (χ1) is 9.41. The Morgan fingerprint density at radius 3 is 2.55 bits per heavy atom. The van der Waals surface area contributed by atoms with Crippen molar-refractivity contribution in [2.24, 2.45) is 5.41 Å². The van der Waals surface area contributed by atoms with Gasteiger partial charge < -0.3 is 20.2 Å². The van der Waals surface area contributed by atoms with Gasteiger partial charge >= 0.3 is 12.0 Å². The summed E-state index contributed by atoms with van der Waals surface area (Å²) in [6.45, 7) is 5.46. The Bertz CT molecular complexity index is 378. The third kappa shape index (κ3) is 3.42. The number of carbonyl (C=O) groups excluding carboxylic acids is 1. The van der Waals surface area contributed by atoms with Crippen molar-refractivity contribution in [2.75, 3.05) is 33.2 Å². The van der Waals surface area contributed by atoms with Crippen LogP contribution in [0.4, 0.5) is 4.79 Å². The molecule has 0 radical (unpaired) electrons. The molecule has 2 aliphatic heterocycles.